The second-order valence-electron chi connectivity index (χ2n) is 5.76. The Balaban J connectivity index is 1.75. The van der Waals surface area contributed by atoms with Gasteiger partial charge in [-0.25, -0.2) is 5.48 Å². The Labute approximate surface area is 153 Å². The molecule has 0 bridgehead atoms. The summed E-state index contributed by atoms with van der Waals surface area (Å²) in [5, 5.41) is 2.70. The first kappa shape index (κ1) is 19.5. The molecule has 2 aromatic carbocycles. The summed E-state index contributed by atoms with van der Waals surface area (Å²) in [6.45, 7) is 1.81. The van der Waals surface area contributed by atoms with Crippen LogP contribution >= 0.6 is 0 Å². The lowest BCUT2D eigenvalue weighted by atomic mass is 10.2. The number of para-hydroxylation sites is 1. The van der Waals surface area contributed by atoms with Crippen LogP contribution in [0.2, 0.25) is 0 Å². The van der Waals surface area contributed by atoms with Crippen molar-refractivity contribution in [1.29, 1.82) is 0 Å². The highest BCUT2D eigenvalue weighted by molar-refractivity contribution is 5.92. The van der Waals surface area contributed by atoms with E-state index in [1.165, 1.54) is 0 Å². The molecule has 0 saturated heterocycles. The molecule has 2 rings (SSSR count). The Bertz CT molecular complexity index is 704. The van der Waals surface area contributed by atoms with E-state index in [2.05, 4.69) is 17.7 Å². The van der Waals surface area contributed by atoms with Crippen LogP contribution in [0.5, 0.6) is 11.5 Å². The van der Waals surface area contributed by atoms with Crippen LogP contribution in [0.15, 0.2) is 54.6 Å². The maximum absolute atomic E-state index is 11.9. The Morgan fingerprint density at radius 2 is 1.69 bits per heavy atom. The van der Waals surface area contributed by atoms with Crippen molar-refractivity contribution in [1.82, 2.24) is 5.48 Å². The second kappa shape index (κ2) is 10.9. The SMILES string of the molecule is CCCCCC(=O)NOCC(=O)Nc1cccc(Oc2ccccc2)c1. The normalized spacial score (nSPS) is 10.2. The first-order chi connectivity index (χ1) is 12.7. The van der Waals surface area contributed by atoms with Crippen molar-refractivity contribution < 1.29 is 19.2 Å². The molecule has 0 saturated carbocycles. The van der Waals surface area contributed by atoms with Crippen LogP contribution in [-0.4, -0.2) is 18.4 Å². The van der Waals surface area contributed by atoms with Gasteiger partial charge in [0.1, 0.15) is 11.5 Å². The number of amides is 2. The van der Waals surface area contributed by atoms with E-state index in [-0.39, 0.29) is 18.4 Å². The third-order valence-corrected chi connectivity index (χ3v) is 3.49. The molecular weight excluding hydrogens is 332 g/mol. The van der Waals surface area contributed by atoms with Crippen molar-refractivity contribution in [3.8, 4) is 11.5 Å². The van der Waals surface area contributed by atoms with E-state index in [0.717, 1.165) is 19.3 Å². The molecule has 0 unspecified atom stereocenters. The third-order valence-electron chi connectivity index (χ3n) is 3.49. The Morgan fingerprint density at radius 3 is 2.46 bits per heavy atom. The number of hydrogen-bond donors (Lipinski definition) is 2. The Kier molecular flexibility index (Phi) is 8.15. The molecule has 6 heteroatoms. The highest BCUT2D eigenvalue weighted by Gasteiger charge is 2.06. The van der Waals surface area contributed by atoms with Crippen molar-refractivity contribution in [2.45, 2.75) is 32.6 Å². The standard InChI is InChI=1S/C20H24N2O4/c1-2-3-5-13-19(23)22-25-15-20(24)21-16-9-8-12-18(14-16)26-17-10-6-4-7-11-17/h4,6-12,14H,2-3,5,13,15H2,1H3,(H,21,24)(H,22,23). The van der Waals surface area contributed by atoms with Crippen LogP contribution in [0.4, 0.5) is 5.69 Å². The number of carbonyl (C=O) groups is 2. The maximum Gasteiger partial charge on any atom is 0.253 e. The fraction of sp³-hybridized carbons (Fsp3) is 0.300. The number of ether oxygens (including phenoxy) is 1. The molecule has 2 amide bonds. The molecule has 2 aromatic rings. The molecule has 0 fully saturated rings. The van der Waals surface area contributed by atoms with E-state index >= 15 is 0 Å². The fourth-order valence-corrected chi connectivity index (χ4v) is 2.23. The van der Waals surface area contributed by atoms with Gasteiger partial charge in [0, 0.05) is 18.2 Å². The molecule has 0 heterocycles. The molecule has 0 aliphatic heterocycles. The summed E-state index contributed by atoms with van der Waals surface area (Å²) in [5.41, 5.74) is 2.86. The van der Waals surface area contributed by atoms with Gasteiger partial charge >= 0.3 is 0 Å². The van der Waals surface area contributed by atoms with E-state index in [0.29, 0.717) is 23.6 Å². The lowest BCUT2D eigenvalue weighted by Gasteiger charge is -2.09. The summed E-state index contributed by atoms with van der Waals surface area (Å²) in [6, 6.07) is 16.4. The van der Waals surface area contributed by atoms with E-state index in [9.17, 15) is 9.59 Å². The van der Waals surface area contributed by atoms with Crippen molar-refractivity contribution in [3.05, 3.63) is 54.6 Å². The van der Waals surface area contributed by atoms with E-state index in [4.69, 9.17) is 9.57 Å². The summed E-state index contributed by atoms with van der Waals surface area (Å²) >= 11 is 0. The van der Waals surface area contributed by atoms with Gasteiger partial charge in [-0.3, -0.25) is 14.4 Å². The lowest BCUT2D eigenvalue weighted by Crippen LogP contribution is -2.28. The molecule has 0 radical (unpaired) electrons. The zero-order valence-electron chi connectivity index (χ0n) is 14.9. The highest BCUT2D eigenvalue weighted by atomic mass is 16.7. The number of unbranched alkanes of at least 4 members (excludes halogenated alkanes) is 2. The van der Waals surface area contributed by atoms with Gasteiger partial charge in [0.2, 0.25) is 5.91 Å². The van der Waals surface area contributed by atoms with Crippen LogP contribution in [0.3, 0.4) is 0 Å². The summed E-state index contributed by atoms with van der Waals surface area (Å²) < 4.78 is 5.72. The summed E-state index contributed by atoms with van der Waals surface area (Å²) in [6.07, 6.45) is 3.25. The number of nitrogens with one attached hydrogen (secondary N) is 2. The number of hydroxylamine groups is 1. The van der Waals surface area contributed by atoms with Crippen molar-refractivity contribution >= 4 is 17.5 Å². The van der Waals surface area contributed by atoms with E-state index < -0.39 is 0 Å². The predicted octanol–water partition coefficient (Wildman–Crippen LogP) is 4.05. The summed E-state index contributed by atoms with van der Waals surface area (Å²) in [7, 11) is 0. The van der Waals surface area contributed by atoms with Crippen molar-refractivity contribution in [2.75, 3.05) is 11.9 Å². The Hall–Kier alpha value is -2.86. The monoisotopic (exact) mass is 356 g/mol. The van der Waals surface area contributed by atoms with E-state index in [1.54, 1.807) is 24.3 Å². The van der Waals surface area contributed by atoms with Gasteiger partial charge in [0.05, 0.1) is 0 Å². The van der Waals surface area contributed by atoms with Crippen LogP contribution in [0, 0.1) is 0 Å². The second-order valence-corrected chi connectivity index (χ2v) is 5.76. The molecular formula is C20H24N2O4. The van der Waals surface area contributed by atoms with Gasteiger partial charge in [-0.1, -0.05) is 44.0 Å². The fourth-order valence-electron chi connectivity index (χ4n) is 2.23. The van der Waals surface area contributed by atoms with Crippen molar-refractivity contribution in [3.63, 3.8) is 0 Å². The minimum atomic E-state index is -0.365. The first-order valence-electron chi connectivity index (χ1n) is 8.71. The van der Waals surface area contributed by atoms with Gasteiger partial charge in [0.15, 0.2) is 6.61 Å². The largest absolute Gasteiger partial charge is 0.457 e. The maximum atomic E-state index is 11.9. The van der Waals surface area contributed by atoms with Crippen LogP contribution in [-0.2, 0) is 14.4 Å². The summed E-state index contributed by atoms with van der Waals surface area (Å²) in [5.74, 6) is 0.740. The van der Waals surface area contributed by atoms with Gasteiger partial charge in [-0.05, 0) is 30.7 Å². The topological polar surface area (TPSA) is 76.7 Å². The average molecular weight is 356 g/mol. The quantitative estimate of drug-likeness (QED) is 0.497. The highest BCUT2D eigenvalue weighted by Crippen LogP contribution is 2.23. The lowest BCUT2D eigenvalue weighted by molar-refractivity contribution is -0.137. The average Bonchev–Trinajstić information content (AvgIpc) is 2.63. The number of rotatable bonds is 10. The minimum absolute atomic E-state index is 0.218. The van der Waals surface area contributed by atoms with Gasteiger partial charge in [-0.15, -0.1) is 0 Å². The number of hydrogen-bond acceptors (Lipinski definition) is 4. The molecule has 0 atom stereocenters. The zero-order valence-corrected chi connectivity index (χ0v) is 14.9. The third kappa shape index (κ3) is 7.36. The Morgan fingerprint density at radius 1 is 0.923 bits per heavy atom. The molecule has 26 heavy (non-hydrogen) atoms. The molecule has 6 nitrogen and oxygen atoms in total. The van der Waals surface area contributed by atoms with Crippen LogP contribution in [0.25, 0.3) is 0 Å². The first-order valence-corrected chi connectivity index (χ1v) is 8.71. The van der Waals surface area contributed by atoms with Crippen molar-refractivity contribution in [2.24, 2.45) is 0 Å². The molecule has 2 N–H and O–H groups in total. The number of benzene rings is 2. The zero-order chi connectivity index (χ0) is 18.6. The molecule has 0 aromatic heterocycles. The van der Waals surface area contributed by atoms with Gasteiger partial charge < -0.3 is 10.1 Å². The van der Waals surface area contributed by atoms with E-state index in [1.807, 2.05) is 30.3 Å². The molecule has 138 valence electrons. The van der Waals surface area contributed by atoms with Gasteiger partial charge in [-0.2, -0.15) is 0 Å². The molecule has 0 aliphatic carbocycles. The number of anilines is 1. The van der Waals surface area contributed by atoms with Crippen LogP contribution in [0.1, 0.15) is 32.6 Å². The van der Waals surface area contributed by atoms with Gasteiger partial charge in [0.25, 0.3) is 5.91 Å². The van der Waals surface area contributed by atoms with Crippen LogP contribution < -0.4 is 15.5 Å². The molecule has 0 aliphatic rings. The minimum Gasteiger partial charge on any atom is -0.457 e. The molecule has 0 spiro atoms. The number of carbonyl (C=O) groups excluding carboxylic acids is 2. The summed E-state index contributed by atoms with van der Waals surface area (Å²) in [4.78, 5) is 28.3. The predicted molar refractivity (Wildman–Crippen MR) is 99.8 cm³/mol. The smallest absolute Gasteiger partial charge is 0.253 e.